The molecule has 0 unspecified atom stereocenters. The van der Waals surface area contributed by atoms with E-state index in [1.165, 1.54) is 11.5 Å². The van der Waals surface area contributed by atoms with Crippen molar-refractivity contribution >= 4 is 34.7 Å². The van der Waals surface area contributed by atoms with Crippen molar-refractivity contribution in [2.24, 2.45) is 0 Å². The third-order valence-electron chi connectivity index (χ3n) is 3.85. The molecule has 132 valence electrons. The average Bonchev–Trinajstić information content (AvgIpc) is 3.17. The van der Waals surface area contributed by atoms with Gasteiger partial charge in [-0.2, -0.15) is 0 Å². The van der Waals surface area contributed by atoms with Gasteiger partial charge in [0.2, 0.25) is 5.91 Å². The summed E-state index contributed by atoms with van der Waals surface area (Å²) in [4.78, 5) is 12.3. The molecule has 0 atom stereocenters. The maximum Gasteiger partial charge on any atom is 0.228 e. The largest absolute Gasteiger partial charge is 0.486 e. The van der Waals surface area contributed by atoms with E-state index in [0.717, 1.165) is 16.8 Å². The zero-order chi connectivity index (χ0) is 17.9. The SMILES string of the molecule is O=C(Cc1cc(Cl)c2c(c1)OCCO2)Nc1ccc(-c2csnn2)cc1. The van der Waals surface area contributed by atoms with Gasteiger partial charge in [0.25, 0.3) is 0 Å². The van der Waals surface area contributed by atoms with E-state index in [9.17, 15) is 4.79 Å². The van der Waals surface area contributed by atoms with Gasteiger partial charge < -0.3 is 14.8 Å². The number of ether oxygens (including phenoxy) is 2. The van der Waals surface area contributed by atoms with E-state index < -0.39 is 0 Å². The predicted octanol–water partition coefficient (Wildman–Crippen LogP) is 3.81. The summed E-state index contributed by atoms with van der Waals surface area (Å²) in [5.74, 6) is 0.975. The highest BCUT2D eigenvalue weighted by molar-refractivity contribution is 7.03. The summed E-state index contributed by atoms with van der Waals surface area (Å²) in [6, 6.07) is 11.0. The van der Waals surface area contributed by atoms with Crippen molar-refractivity contribution < 1.29 is 14.3 Å². The topological polar surface area (TPSA) is 73.3 Å². The number of rotatable bonds is 4. The molecule has 0 fully saturated rings. The Morgan fingerprint density at radius 1 is 1.19 bits per heavy atom. The lowest BCUT2D eigenvalue weighted by molar-refractivity contribution is -0.115. The van der Waals surface area contributed by atoms with Crippen LogP contribution in [0.25, 0.3) is 11.3 Å². The fourth-order valence-electron chi connectivity index (χ4n) is 2.67. The van der Waals surface area contributed by atoms with E-state index in [0.29, 0.717) is 35.4 Å². The molecule has 26 heavy (non-hydrogen) atoms. The Labute approximate surface area is 158 Å². The van der Waals surface area contributed by atoms with Gasteiger partial charge in [-0.1, -0.05) is 28.2 Å². The first-order valence-corrected chi connectivity index (χ1v) is 9.16. The summed E-state index contributed by atoms with van der Waals surface area (Å²) in [7, 11) is 0. The van der Waals surface area contributed by atoms with Crippen molar-refractivity contribution in [2.45, 2.75) is 6.42 Å². The molecular weight excluding hydrogens is 374 g/mol. The maximum absolute atomic E-state index is 12.3. The molecular formula is C18H14ClN3O3S. The Hall–Kier alpha value is -2.64. The molecule has 8 heteroatoms. The second-order valence-electron chi connectivity index (χ2n) is 5.69. The van der Waals surface area contributed by atoms with Gasteiger partial charge in [0.1, 0.15) is 18.9 Å². The van der Waals surface area contributed by atoms with Gasteiger partial charge in [0, 0.05) is 16.6 Å². The highest BCUT2D eigenvalue weighted by Gasteiger charge is 2.17. The van der Waals surface area contributed by atoms with Gasteiger partial charge in [0.15, 0.2) is 11.5 Å². The summed E-state index contributed by atoms with van der Waals surface area (Å²) in [6.07, 6.45) is 0.189. The molecule has 1 N–H and O–H groups in total. The normalized spacial score (nSPS) is 12.7. The average molecular weight is 388 g/mol. The number of nitrogens with one attached hydrogen (secondary N) is 1. The van der Waals surface area contributed by atoms with Crippen LogP contribution in [0.5, 0.6) is 11.5 Å². The van der Waals surface area contributed by atoms with Crippen LogP contribution in [0.2, 0.25) is 5.02 Å². The van der Waals surface area contributed by atoms with Gasteiger partial charge >= 0.3 is 0 Å². The Kier molecular flexibility index (Phi) is 4.73. The fourth-order valence-corrected chi connectivity index (χ4v) is 3.42. The van der Waals surface area contributed by atoms with Gasteiger partial charge in [-0.3, -0.25) is 4.79 Å². The number of hydrogen-bond acceptors (Lipinski definition) is 6. The maximum atomic E-state index is 12.3. The van der Waals surface area contributed by atoms with Crippen LogP contribution >= 0.6 is 23.1 Å². The van der Waals surface area contributed by atoms with Crippen molar-refractivity contribution in [3.05, 3.63) is 52.4 Å². The highest BCUT2D eigenvalue weighted by Crippen LogP contribution is 2.38. The molecule has 1 aliphatic rings. The lowest BCUT2D eigenvalue weighted by Gasteiger charge is -2.20. The van der Waals surface area contributed by atoms with Crippen molar-refractivity contribution in [1.29, 1.82) is 0 Å². The molecule has 1 aliphatic heterocycles. The Bertz CT molecular complexity index is 930. The molecule has 6 nitrogen and oxygen atoms in total. The summed E-state index contributed by atoms with van der Waals surface area (Å²) in [6.45, 7) is 0.944. The van der Waals surface area contributed by atoms with Crippen LogP contribution in [0.15, 0.2) is 41.8 Å². The van der Waals surface area contributed by atoms with E-state index in [1.54, 1.807) is 12.1 Å². The molecule has 4 rings (SSSR count). The van der Waals surface area contributed by atoms with E-state index in [1.807, 2.05) is 29.6 Å². The van der Waals surface area contributed by atoms with Crippen LogP contribution in [0.3, 0.4) is 0 Å². The first-order valence-electron chi connectivity index (χ1n) is 7.94. The summed E-state index contributed by atoms with van der Waals surface area (Å²) in [5, 5.41) is 9.22. The first-order chi connectivity index (χ1) is 12.7. The van der Waals surface area contributed by atoms with Crippen molar-refractivity contribution in [2.75, 3.05) is 18.5 Å². The molecule has 0 radical (unpaired) electrons. The summed E-state index contributed by atoms with van der Waals surface area (Å²) >= 11 is 7.51. The van der Waals surface area contributed by atoms with Gasteiger partial charge in [-0.05, 0) is 41.4 Å². The zero-order valence-electron chi connectivity index (χ0n) is 13.6. The number of benzene rings is 2. The van der Waals surface area contributed by atoms with E-state index in [2.05, 4.69) is 14.9 Å². The number of hydrogen-bond donors (Lipinski definition) is 1. The summed E-state index contributed by atoms with van der Waals surface area (Å²) < 4.78 is 14.9. The molecule has 0 saturated heterocycles. The van der Waals surface area contributed by atoms with Crippen molar-refractivity contribution in [3.8, 4) is 22.8 Å². The Balaban J connectivity index is 1.43. The molecule has 1 aromatic heterocycles. The molecule has 2 heterocycles. The van der Waals surface area contributed by atoms with Crippen LogP contribution in [0.1, 0.15) is 5.56 Å². The van der Waals surface area contributed by atoms with Crippen LogP contribution < -0.4 is 14.8 Å². The molecule has 1 amide bonds. The van der Waals surface area contributed by atoms with Crippen LogP contribution in [-0.4, -0.2) is 28.7 Å². The smallest absolute Gasteiger partial charge is 0.228 e. The fraction of sp³-hybridized carbons (Fsp3) is 0.167. The number of carbonyl (C=O) groups excluding carboxylic acids is 1. The van der Waals surface area contributed by atoms with E-state index >= 15 is 0 Å². The Morgan fingerprint density at radius 3 is 2.77 bits per heavy atom. The zero-order valence-corrected chi connectivity index (χ0v) is 15.1. The number of fused-ring (bicyclic) bond motifs is 1. The molecule has 0 bridgehead atoms. The first kappa shape index (κ1) is 16.8. The van der Waals surface area contributed by atoms with Crippen LogP contribution in [0, 0.1) is 0 Å². The number of aromatic nitrogens is 2. The number of nitrogens with zero attached hydrogens (tertiary/aromatic N) is 2. The van der Waals surface area contributed by atoms with E-state index in [-0.39, 0.29) is 12.3 Å². The second-order valence-corrected chi connectivity index (χ2v) is 6.71. The van der Waals surface area contributed by atoms with Crippen LogP contribution in [-0.2, 0) is 11.2 Å². The van der Waals surface area contributed by atoms with Crippen LogP contribution in [0.4, 0.5) is 5.69 Å². The number of anilines is 1. The molecule has 2 aromatic carbocycles. The van der Waals surface area contributed by atoms with Gasteiger partial charge in [0.05, 0.1) is 11.4 Å². The molecule has 0 saturated carbocycles. The quantitative estimate of drug-likeness (QED) is 0.736. The third kappa shape index (κ3) is 3.63. The Morgan fingerprint density at radius 2 is 2.00 bits per heavy atom. The predicted molar refractivity (Wildman–Crippen MR) is 100 cm³/mol. The minimum absolute atomic E-state index is 0.138. The minimum atomic E-state index is -0.138. The third-order valence-corrected chi connectivity index (χ3v) is 4.63. The lowest BCUT2D eigenvalue weighted by atomic mass is 10.1. The van der Waals surface area contributed by atoms with Crippen molar-refractivity contribution in [1.82, 2.24) is 9.59 Å². The second kappa shape index (κ2) is 7.31. The minimum Gasteiger partial charge on any atom is -0.486 e. The lowest BCUT2D eigenvalue weighted by Crippen LogP contribution is -2.17. The number of carbonyl (C=O) groups is 1. The van der Waals surface area contributed by atoms with Gasteiger partial charge in [-0.15, -0.1) is 5.10 Å². The monoisotopic (exact) mass is 387 g/mol. The van der Waals surface area contributed by atoms with Gasteiger partial charge in [-0.25, -0.2) is 0 Å². The standard InChI is InChI=1S/C18H14ClN3O3S/c19-14-7-11(8-16-18(14)25-6-5-24-16)9-17(23)20-13-3-1-12(2-4-13)15-10-26-22-21-15/h1-4,7-8,10H,5-6,9H2,(H,20,23). The van der Waals surface area contributed by atoms with E-state index in [4.69, 9.17) is 21.1 Å². The molecule has 0 spiro atoms. The highest BCUT2D eigenvalue weighted by atomic mass is 35.5. The molecule has 3 aromatic rings. The summed E-state index contributed by atoms with van der Waals surface area (Å²) in [5.41, 5.74) is 3.25. The van der Waals surface area contributed by atoms with Crippen molar-refractivity contribution in [3.63, 3.8) is 0 Å². The molecule has 0 aliphatic carbocycles. The number of halogens is 1. The number of amides is 1.